The Labute approximate surface area is 164 Å². The molecule has 1 aliphatic rings. The highest BCUT2D eigenvalue weighted by molar-refractivity contribution is 5.95. The first-order valence-electron chi connectivity index (χ1n) is 9.55. The second kappa shape index (κ2) is 8.17. The summed E-state index contributed by atoms with van der Waals surface area (Å²) in [7, 11) is 0. The first-order chi connectivity index (χ1) is 13.7. The van der Waals surface area contributed by atoms with Gasteiger partial charge in [-0.2, -0.15) is 0 Å². The van der Waals surface area contributed by atoms with Crippen molar-refractivity contribution in [2.75, 3.05) is 18.4 Å². The Balaban J connectivity index is 1.49. The van der Waals surface area contributed by atoms with E-state index in [2.05, 4.69) is 26.3 Å². The van der Waals surface area contributed by atoms with Gasteiger partial charge < -0.3 is 10.2 Å². The molecule has 1 saturated heterocycles. The lowest BCUT2D eigenvalue weighted by atomic mass is 9.90. The van der Waals surface area contributed by atoms with E-state index in [1.807, 2.05) is 54.4 Å². The molecule has 0 radical (unpaired) electrons. The Morgan fingerprint density at radius 1 is 1.04 bits per heavy atom. The quantitative estimate of drug-likeness (QED) is 0.750. The summed E-state index contributed by atoms with van der Waals surface area (Å²) in [5.74, 6) is 1.89. The van der Waals surface area contributed by atoms with E-state index in [4.69, 9.17) is 0 Å². The van der Waals surface area contributed by atoms with Crippen molar-refractivity contribution in [3.63, 3.8) is 0 Å². The average molecular weight is 373 g/mol. The highest BCUT2D eigenvalue weighted by atomic mass is 16.2. The summed E-state index contributed by atoms with van der Waals surface area (Å²) < 4.78 is 0. The number of hydrogen-bond donors (Lipinski definition) is 1. The molecule has 1 unspecified atom stereocenters. The summed E-state index contributed by atoms with van der Waals surface area (Å²) in [6.45, 7) is 3.38. The molecular weight excluding hydrogens is 350 g/mol. The third kappa shape index (κ3) is 4.01. The van der Waals surface area contributed by atoms with E-state index in [0.29, 0.717) is 18.0 Å². The third-order valence-electron chi connectivity index (χ3n) is 5.12. The number of anilines is 2. The van der Waals surface area contributed by atoms with Crippen LogP contribution >= 0.6 is 0 Å². The summed E-state index contributed by atoms with van der Waals surface area (Å²) in [6.07, 6.45) is 7.33. The van der Waals surface area contributed by atoms with Crippen LogP contribution in [-0.2, 0) is 0 Å². The number of amides is 1. The molecule has 0 aliphatic carbocycles. The Morgan fingerprint density at radius 3 is 2.71 bits per heavy atom. The van der Waals surface area contributed by atoms with Crippen molar-refractivity contribution in [2.24, 2.45) is 0 Å². The molecule has 3 aromatic heterocycles. The molecular formula is C22H23N5O. The number of aromatic nitrogens is 3. The van der Waals surface area contributed by atoms with E-state index in [-0.39, 0.29) is 5.91 Å². The fraction of sp³-hybridized carbons (Fsp3) is 0.273. The molecule has 1 amide bonds. The van der Waals surface area contributed by atoms with Crippen LogP contribution in [0, 0.1) is 6.92 Å². The molecule has 0 aromatic carbocycles. The lowest BCUT2D eigenvalue weighted by molar-refractivity contribution is 0.0706. The number of carbonyl (C=O) groups excluding carboxylic acids is 1. The van der Waals surface area contributed by atoms with Gasteiger partial charge in [0.15, 0.2) is 0 Å². The monoisotopic (exact) mass is 373 g/mol. The van der Waals surface area contributed by atoms with E-state index in [1.54, 1.807) is 12.4 Å². The summed E-state index contributed by atoms with van der Waals surface area (Å²) in [4.78, 5) is 27.8. The van der Waals surface area contributed by atoms with Crippen LogP contribution in [0.15, 0.2) is 61.1 Å². The van der Waals surface area contributed by atoms with E-state index >= 15 is 0 Å². The number of nitrogens with one attached hydrogen (secondary N) is 1. The highest BCUT2D eigenvalue weighted by Crippen LogP contribution is 2.29. The number of hydrogen-bond acceptors (Lipinski definition) is 5. The van der Waals surface area contributed by atoms with Gasteiger partial charge in [-0.3, -0.25) is 9.78 Å². The summed E-state index contributed by atoms with van der Waals surface area (Å²) in [5, 5.41) is 3.24. The van der Waals surface area contributed by atoms with Gasteiger partial charge in [0.25, 0.3) is 5.91 Å². The zero-order valence-electron chi connectivity index (χ0n) is 15.9. The van der Waals surface area contributed by atoms with E-state index in [9.17, 15) is 4.79 Å². The molecule has 0 bridgehead atoms. The van der Waals surface area contributed by atoms with Crippen molar-refractivity contribution < 1.29 is 4.79 Å². The van der Waals surface area contributed by atoms with Crippen LogP contribution in [0.1, 0.15) is 40.4 Å². The smallest absolute Gasteiger partial charge is 0.255 e. The first-order valence-corrected chi connectivity index (χ1v) is 9.55. The molecule has 4 rings (SSSR count). The van der Waals surface area contributed by atoms with Gasteiger partial charge in [-0.1, -0.05) is 6.07 Å². The fourth-order valence-corrected chi connectivity index (χ4v) is 3.65. The molecule has 3 aromatic rings. The van der Waals surface area contributed by atoms with Crippen LogP contribution in [0.5, 0.6) is 0 Å². The Morgan fingerprint density at radius 2 is 1.89 bits per heavy atom. The largest absolute Gasteiger partial charge is 0.338 e. The SMILES string of the molecule is Cc1ncccc1C(=O)N1CCCC(c2ccnc(Nc3ccccn3)c2)C1. The Hall–Kier alpha value is -3.28. The number of pyridine rings is 3. The molecule has 1 atom stereocenters. The number of piperidine rings is 1. The highest BCUT2D eigenvalue weighted by Gasteiger charge is 2.26. The lowest BCUT2D eigenvalue weighted by Gasteiger charge is -2.33. The molecule has 142 valence electrons. The average Bonchev–Trinajstić information content (AvgIpc) is 2.75. The van der Waals surface area contributed by atoms with E-state index in [1.165, 1.54) is 5.56 Å². The van der Waals surface area contributed by atoms with Gasteiger partial charge in [0.2, 0.25) is 0 Å². The molecule has 6 nitrogen and oxygen atoms in total. The molecule has 0 spiro atoms. The molecule has 0 saturated carbocycles. The molecule has 6 heteroatoms. The van der Waals surface area contributed by atoms with Gasteiger partial charge in [-0.15, -0.1) is 0 Å². The molecule has 1 aliphatic heterocycles. The normalized spacial score (nSPS) is 16.6. The van der Waals surface area contributed by atoms with Crippen LogP contribution in [0.2, 0.25) is 0 Å². The number of likely N-dealkylation sites (tertiary alicyclic amines) is 1. The zero-order valence-corrected chi connectivity index (χ0v) is 15.9. The van der Waals surface area contributed by atoms with E-state index < -0.39 is 0 Å². The number of carbonyl (C=O) groups is 1. The molecule has 1 N–H and O–H groups in total. The summed E-state index contributed by atoms with van der Waals surface area (Å²) in [6, 6.07) is 13.5. The predicted octanol–water partition coefficient (Wildman–Crippen LogP) is 3.94. The van der Waals surface area contributed by atoms with Gasteiger partial charge in [-0.05, 0) is 61.7 Å². The zero-order chi connectivity index (χ0) is 19.3. The van der Waals surface area contributed by atoms with Crippen molar-refractivity contribution in [1.82, 2.24) is 19.9 Å². The van der Waals surface area contributed by atoms with Crippen molar-refractivity contribution in [1.29, 1.82) is 0 Å². The topological polar surface area (TPSA) is 71.0 Å². The van der Waals surface area contributed by atoms with Gasteiger partial charge in [0.05, 0.1) is 5.56 Å². The minimum atomic E-state index is 0.0659. The van der Waals surface area contributed by atoms with Crippen LogP contribution in [0.3, 0.4) is 0 Å². The number of nitrogens with zero attached hydrogens (tertiary/aromatic N) is 4. The Kier molecular flexibility index (Phi) is 5.28. The van der Waals surface area contributed by atoms with Gasteiger partial charge >= 0.3 is 0 Å². The van der Waals surface area contributed by atoms with Crippen molar-refractivity contribution in [3.05, 3.63) is 77.9 Å². The fourth-order valence-electron chi connectivity index (χ4n) is 3.65. The van der Waals surface area contributed by atoms with Gasteiger partial charge in [0.1, 0.15) is 11.6 Å². The van der Waals surface area contributed by atoms with E-state index in [0.717, 1.165) is 36.7 Å². The molecule has 1 fully saturated rings. The van der Waals surface area contributed by atoms with Crippen LogP contribution < -0.4 is 5.32 Å². The summed E-state index contributed by atoms with van der Waals surface area (Å²) >= 11 is 0. The molecule has 4 heterocycles. The standard InChI is InChI=1S/C22H23N5O/c1-16-19(7-4-11-23-16)22(28)27-13-5-6-18(15-27)17-9-12-25-21(14-17)26-20-8-2-3-10-24-20/h2-4,7-12,14,18H,5-6,13,15H2,1H3,(H,24,25,26). The predicted molar refractivity (Wildman–Crippen MR) is 109 cm³/mol. The minimum absolute atomic E-state index is 0.0659. The number of rotatable bonds is 4. The second-order valence-corrected chi connectivity index (χ2v) is 7.04. The second-order valence-electron chi connectivity index (χ2n) is 7.04. The minimum Gasteiger partial charge on any atom is -0.338 e. The van der Waals surface area contributed by atoms with Gasteiger partial charge in [-0.25, -0.2) is 9.97 Å². The van der Waals surface area contributed by atoms with Crippen LogP contribution in [0.25, 0.3) is 0 Å². The maximum absolute atomic E-state index is 13.0. The van der Waals surface area contributed by atoms with Crippen LogP contribution in [0.4, 0.5) is 11.6 Å². The van der Waals surface area contributed by atoms with Crippen LogP contribution in [-0.4, -0.2) is 38.8 Å². The summed E-state index contributed by atoms with van der Waals surface area (Å²) in [5.41, 5.74) is 2.66. The first kappa shape index (κ1) is 18.1. The number of aryl methyl sites for hydroxylation is 1. The lowest BCUT2D eigenvalue weighted by Crippen LogP contribution is -2.39. The van der Waals surface area contributed by atoms with Crippen molar-refractivity contribution in [3.8, 4) is 0 Å². The molecule has 28 heavy (non-hydrogen) atoms. The maximum atomic E-state index is 13.0. The Bertz CT molecular complexity index is 960. The van der Waals surface area contributed by atoms with Gasteiger partial charge in [0, 0.05) is 43.3 Å². The third-order valence-corrected chi connectivity index (χ3v) is 5.12. The van der Waals surface area contributed by atoms with Crippen molar-refractivity contribution >= 4 is 17.5 Å². The van der Waals surface area contributed by atoms with Crippen molar-refractivity contribution in [2.45, 2.75) is 25.7 Å². The maximum Gasteiger partial charge on any atom is 0.255 e.